The van der Waals surface area contributed by atoms with Crippen molar-refractivity contribution in [2.45, 2.75) is 19.9 Å². The second kappa shape index (κ2) is 5.85. The van der Waals surface area contributed by atoms with Crippen molar-refractivity contribution in [1.82, 2.24) is 9.78 Å². The zero-order valence-electron chi connectivity index (χ0n) is 10.7. The summed E-state index contributed by atoms with van der Waals surface area (Å²) in [6.45, 7) is 3.83. The van der Waals surface area contributed by atoms with Crippen LogP contribution in [0.15, 0.2) is 45.7 Å². The zero-order chi connectivity index (χ0) is 13.8. The molecule has 3 nitrogen and oxygen atoms in total. The molecule has 0 aliphatic carbocycles. The normalized spacial score (nSPS) is 10.1. The van der Waals surface area contributed by atoms with Crippen LogP contribution in [0.3, 0.4) is 0 Å². The molecule has 0 unspecified atom stereocenters. The van der Waals surface area contributed by atoms with E-state index in [9.17, 15) is 4.79 Å². The highest BCUT2D eigenvalue weighted by Gasteiger charge is 2.02. The summed E-state index contributed by atoms with van der Waals surface area (Å²) < 4.78 is 2.38. The second-order valence-corrected chi connectivity index (χ2v) is 5.18. The molecule has 1 heterocycles. The minimum atomic E-state index is -0.110. The first-order valence-corrected chi connectivity index (χ1v) is 6.73. The highest BCUT2D eigenvalue weighted by Crippen LogP contribution is 2.14. The fourth-order valence-electron chi connectivity index (χ4n) is 1.56. The van der Waals surface area contributed by atoms with E-state index in [4.69, 9.17) is 0 Å². The fraction of sp³-hybridized carbons (Fsp3) is 0.200. The maximum atomic E-state index is 11.6. The summed E-state index contributed by atoms with van der Waals surface area (Å²) in [5.41, 5.74) is 1.37. The largest absolute Gasteiger partial charge is 0.268 e. The van der Waals surface area contributed by atoms with E-state index in [0.29, 0.717) is 5.69 Å². The maximum Gasteiger partial charge on any atom is 0.267 e. The summed E-state index contributed by atoms with van der Waals surface area (Å²) in [5, 5.41) is 4.23. The molecule has 0 saturated heterocycles. The number of nitrogens with zero attached hydrogens (tertiary/aromatic N) is 2. The van der Waals surface area contributed by atoms with Crippen LogP contribution in [0.4, 0.5) is 0 Å². The molecule has 2 rings (SSSR count). The van der Waals surface area contributed by atoms with E-state index in [1.807, 2.05) is 38.1 Å². The van der Waals surface area contributed by atoms with Crippen molar-refractivity contribution in [2.75, 3.05) is 0 Å². The predicted octanol–water partition coefficient (Wildman–Crippen LogP) is 2.99. The Balaban J connectivity index is 2.38. The van der Waals surface area contributed by atoms with Gasteiger partial charge in [-0.1, -0.05) is 18.1 Å². The van der Waals surface area contributed by atoms with E-state index in [1.165, 1.54) is 10.7 Å². The Labute approximate surface area is 120 Å². The van der Waals surface area contributed by atoms with Crippen LogP contribution < -0.4 is 5.56 Å². The smallest absolute Gasteiger partial charge is 0.267 e. The van der Waals surface area contributed by atoms with Crippen LogP contribution in [-0.2, 0) is 0 Å². The number of aromatic nitrogens is 2. The number of benzene rings is 1. The summed E-state index contributed by atoms with van der Waals surface area (Å²) in [7, 11) is 0. The van der Waals surface area contributed by atoms with Crippen molar-refractivity contribution in [3.05, 3.63) is 62.5 Å². The third kappa shape index (κ3) is 3.33. The van der Waals surface area contributed by atoms with Crippen molar-refractivity contribution in [2.24, 2.45) is 0 Å². The lowest BCUT2D eigenvalue weighted by molar-refractivity contribution is 0.500. The van der Waals surface area contributed by atoms with E-state index in [0.717, 1.165) is 10.0 Å². The Bertz CT molecular complexity index is 708. The Morgan fingerprint density at radius 2 is 1.89 bits per heavy atom. The van der Waals surface area contributed by atoms with Gasteiger partial charge in [-0.25, -0.2) is 4.68 Å². The van der Waals surface area contributed by atoms with Crippen molar-refractivity contribution in [1.29, 1.82) is 0 Å². The van der Waals surface area contributed by atoms with E-state index in [2.05, 4.69) is 32.9 Å². The molecule has 0 N–H and O–H groups in total. The molecular weight excluding hydrogens is 304 g/mol. The first-order chi connectivity index (χ1) is 9.08. The summed E-state index contributed by atoms with van der Waals surface area (Å²) in [6.07, 6.45) is 0. The Morgan fingerprint density at radius 3 is 2.58 bits per heavy atom. The first-order valence-electron chi connectivity index (χ1n) is 5.94. The van der Waals surface area contributed by atoms with Crippen LogP contribution in [0.25, 0.3) is 0 Å². The summed E-state index contributed by atoms with van der Waals surface area (Å²) in [5.74, 6) is 6.01. The molecule has 0 saturated carbocycles. The van der Waals surface area contributed by atoms with Crippen LogP contribution >= 0.6 is 15.9 Å². The minimum absolute atomic E-state index is 0.0257. The lowest BCUT2D eigenvalue weighted by atomic mass is 10.2. The highest BCUT2D eigenvalue weighted by molar-refractivity contribution is 9.10. The lowest BCUT2D eigenvalue weighted by Crippen LogP contribution is -2.24. The van der Waals surface area contributed by atoms with Crippen molar-refractivity contribution in [3.8, 4) is 11.8 Å². The van der Waals surface area contributed by atoms with Crippen LogP contribution in [0.1, 0.15) is 31.1 Å². The van der Waals surface area contributed by atoms with Gasteiger partial charge in [-0.15, -0.1) is 0 Å². The summed E-state index contributed by atoms with van der Waals surface area (Å²) >= 11 is 3.44. The van der Waals surface area contributed by atoms with Gasteiger partial charge < -0.3 is 0 Å². The molecule has 0 fully saturated rings. The zero-order valence-corrected chi connectivity index (χ0v) is 12.3. The first kappa shape index (κ1) is 13.6. The molecule has 0 atom stereocenters. The number of rotatable bonds is 1. The SMILES string of the molecule is CC(C)n1nc(C#Cc2ccccc2Br)ccc1=O. The monoisotopic (exact) mass is 316 g/mol. The van der Waals surface area contributed by atoms with Gasteiger partial charge in [0.05, 0.1) is 6.04 Å². The van der Waals surface area contributed by atoms with Gasteiger partial charge in [0, 0.05) is 16.1 Å². The van der Waals surface area contributed by atoms with E-state index < -0.39 is 0 Å². The fourth-order valence-corrected chi connectivity index (χ4v) is 1.94. The van der Waals surface area contributed by atoms with Gasteiger partial charge in [-0.3, -0.25) is 4.79 Å². The number of halogens is 1. The summed E-state index contributed by atoms with van der Waals surface area (Å²) in [4.78, 5) is 11.6. The summed E-state index contributed by atoms with van der Waals surface area (Å²) in [6, 6.07) is 10.9. The molecule has 4 heteroatoms. The van der Waals surface area contributed by atoms with Crippen LogP contribution in [0.2, 0.25) is 0 Å². The maximum absolute atomic E-state index is 11.6. The molecule has 96 valence electrons. The second-order valence-electron chi connectivity index (χ2n) is 4.32. The van der Waals surface area contributed by atoms with Crippen LogP contribution in [0.5, 0.6) is 0 Å². The van der Waals surface area contributed by atoms with Crippen molar-refractivity contribution < 1.29 is 0 Å². The van der Waals surface area contributed by atoms with Crippen molar-refractivity contribution >= 4 is 15.9 Å². The average Bonchev–Trinajstić information content (AvgIpc) is 2.39. The van der Waals surface area contributed by atoms with Gasteiger partial charge in [0.2, 0.25) is 0 Å². The number of hydrogen-bond donors (Lipinski definition) is 0. The predicted molar refractivity (Wildman–Crippen MR) is 79.0 cm³/mol. The van der Waals surface area contributed by atoms with Gasteiger partial charge >= 0.3 is 0 Å². The Hall–Kier alpha value is -1.86. The molecule has 0 aliphatic heterocycles. The highest BCUT2D eigenvalue weighted by atomic mass is 79.9. The number of hydrogen-bond acceptors (Lipinski definition) is 2. The van der Waals surface area contributed by atoms with Crippen molar-refractivity contribution in [3.63, 3.8) is 0 Å². The molecule has 0 spiro atoms. The molecule has 0 bridgehead atoms. The molecular formula is C15H13BrN2O. The molecule has 19 heavy (non-hydrogen) atoms. The quantitative estimate of drug-likeness (QED) is 0.758. The molecule has 0 aliphatic rings. The van der Waals surface area contributed by atoms with Gasteiger partial charge in [-0.2, -0.15) is 5.10 Å². The third-order valence-corrected chi connectivity index (χ3v) is 3.20. The Morgan fingerprint density at radius 1 is 1.16 bits per heavy atom. The van der Waals surface area contributed by atoms with Gasteiger partial charge in [0.1, 0.15) is 5.69 Å². The Kier molecular flexibility index (Phi) is 4.18. The topological polar surface area (TPSA) is 34.9 Å². The molecule has 0 amide bonds. The molecule has 1 aromatic heterocycles. The van der Waals surface area contributed by atoms with Gasteiger partial charge in [-0.05, 0) is 53.9 Å². The van der Waals surface area contributed by atoms with E-state index >= 15 is 0 Å². The standard InChI is InChI=1S/C15H13BrN2O/c1-11(2)18-15(19)10-9-13(17-18)8-7-12-5-3-4-6-14(12)16/h3-6,9-11H,1-2H3. The van der Waals surface area contributed by atoms with Crippen LogP contribution in [0, 0.1) is 11.8 Å². The van der Waals surface area contributed by atoms with Gasteiger partial charge in [0.15, 0.2) is 0 Å². The van der Waals surface area contributed by atoms with Gasteiger partial charge in [0.25, 0.3) is 5.56 Å². The molecule has 0 radical (unpaired) electrons. The molecule has 2 aromatic rings. The molecule has 1 aromatic carbocycles. The third-order valence-electron chi connectivity index (χ3n) is 2.51. The average molecular weight is 317 g/mol. The van der Waals surface area contributed by atoms with E-state index in [-0.39, 0.29) is 11.6 Å². The van der Waals surface area contributed by atoms with Crippen LogP contribution in [-0.4, -0.2) is 9.78 Å². The minimum Gasteiger partial charge on any atom is -0.268 e. The van der Waals surface area contributed by atoms with E-state index in [1.54, 1.807) is 6.07 Å². The lowest BCUT2D eigenvalue weighted by Gasteiger charge is -2.07.